The molecule has 0 bridgehead atoms. The maximum absolute atomic E-state index is 10.5. The van der Waals surface area contributed by atoms with Gasteiger partial charge in [-0.05, 0) is 22.0 Å². The molecule has 0 unspecified atom stereocenters. The van der Waals surface area contributed by atoms with Crippen LogP contribution in [-0.4, -0.2) is 20.0 Å². The van der Waals surface area contributed by atoms with Crippen LogP contribution in [0.1, 0.15) is 0 Å². The van der Waals surface area contributed by atoms with Crippen molar-refractivity contribution in [1.82, 2.24) is 9.97 Å². The predicted molar refractivity (Wildman–Crippen MR) is 55.6 cm³/mol. The molecule has 2 aromatic rings. The number of benzene rings is 1. The first-order valence-electron chi connectivity index (χ1n) is 3.88. The number of fused-ring (bicyclic) bond motifs is 1. The molecule has 2 rings (SSSR count). The molecule has 0 aliphatic rings. The van der Waals surface area contributed by atoms with Crippen molar-refractivity contribution in [3.8, 4) is 5.88 Å². The van der Waals surface area contributed by atoms with E-state index in [-0.39, 0.29) is 21.7 Å². The number of nitro benzene ring substituents is 1. The summed E-state index contributed by atoms with van der Waals surface area (Å²) in [5, 5.41) is 20.2. The summed E-state index contributed by atoms with van der Waals surface area (Å²) in [6, 6.07) is 4.01. The molecule has 1 aromatic carbocycles. The maximum Gasteiger partial charge on any atom is 0.270 e. The molecule has 1 N–H and O–H groups in total. The fourth-order valence-electron chi connectivity index (χ4n) is 1.19. The van der Waals surface area contributed by atoms with Gasteiger partial charge in [-0.3, -0.25) is 10.1 Å². The van der Waals surface area contributed by atoms with E-state index in [0.29, 0.717) is 5.52 Å². The van der Waals surface area contributed by atoms with Gasteiger partial charge in [-0.2, -0.15) is 4.98 Å². The second kappa shape index (κ2) is 3.43. The second-order valence-corrected chi connectivity index (χ2v) is 3.48. The van der Waals surface area contributed by atoms with Gasteiger partial charge in [0.1, 0.15) is 0 Å². The van der Waals surface area contributed by atoms with Gasteiger partial charge in [0.05, 0.1) is 15.8 Å². The second-order valence-electron chi connectivity index (χ2n) is 2.77. The van der Waals surface area contributed by atoms with Crippen molar-refractivity contribution in [3.05, 3.63) is 33.0 Å². The van der Waals surface area contributed by atoms with Crippen LogP contribution in [0, 0.1) is 10.1 Å². The number of nitrogens with zero attached hydrogens (tertiary/aromatic N) is 3. The quantitative estimate of drug-likeness (QED) is 0.486. The topological polar surface area (TPSA) is 89.2 Å². The molecule has 1 aromatic heterocycles. The van der Waals surface area contributed by atoms with Crippen LogP contribution in [0.15, 0.2) is 22.9 Å². The summed E-state index contributed by atoms with van der Waals surface area (Å²) >= 11 is 3.01. The van der Waals surface area contributed by atoms with Crippen LogP contribution in [0.4, 0.5) is 5.69 Å². The van der Waals surface area contributed by atoms with Crippen molar-refractivity contribution in [1.29, 1.82) is 0 Å². The average Bonchev–Trinajstić information content (AvgIpc) is 2.16. The molecule has 7 heteroatoms. The molecular weight excluding hydrogens is 266 g/mol. The zero-order chi connectivity index (χ0) is 11.0. The Labute approximate surface area is 91.9 Å². The molecule has 15 heavy (non-hydrogen) atoms. The van der Waals surface area contributed by atoms with E-state index in [2.05, 4.69) is 25.9 Å². The Hall–Kier alpha value is -1.76. The van der Waals surface area contributed by atoms with Crippen molar-refractivity contribution in [2.24, 2.45) is 0 Å². The molecule has 0 aliphatic heterocycles. The molecule has 1 heterocycles. The van der Waals surface area contributed by atoms with Crippen molar-refractivity contribution in [2.75, 3.05) is 0 Å². The third-order valence-electron chi connectivity index (χ3n) is 1.84. The monoisotopic (exact) mass is 269 g/mol. The van der Waals surface area contributed by atoms with E-state index in [1.165, 1.54) is 18.2 Å². The molecule has 0 radical (unpaired) electrons. The molecule has 76 valence electrons. The normalized spacial score (nSPS) is 10.5. The summed E-state index contributed by atoms with van der Waals surface area (Å²) < 4.78 is 0.237. The standard InChI is InChI=1S/C8H4BrN3O3/c9-8-10-6-2-1-4(12(14)15)3-5(6)7(13)11-8/h1-3H,(H,10,11,13). The highest BCUT2D eigenvalue weighted by atomic mass is 79.9. The van der Waals surface area contributed by atoms with Gasteiger partial charge in [0.2, 0.25) is 10.6 Å². The number of halogens is 1. The lowest BCUT2D eigenvalue weighted by Gasteiger charge is -1.99. The van der Waals surface area contributed by atoms with E-state index in [9.17, 15) is 15.2 Å². The van der Waals surface area contributed by atoms with E-state index in [1.807, 2.05) is 0 Å². The van der Waals surface area contributed by atoms with Crippen molar-refractivity contribution >= 4 is 32.5 Å². The number of nitro groups is 1. The molecule has 0 saturated carbocycles. The lowest BCUT2D eigenvalue weighted by Crippen LogP contribution is -1.90. The zero-order valence-electron chi connectivity index (χ0n) is 7.22. The van der Waals surface area contributed by atoms with Crippen LogP contribution in [0.3, 0.4) is 0 Å². The molecule has 0 atom stereocenters. The smallest absolute Gasteiger partial charge is 0.270 e. The first kappa shape index (κ1) is 9.78. The van der Waals surface area contributed by atoms with Crippen LogP contribution in [0.5, 0.6) is 5.88 Å². The highest BCUT2D eigenvalue weighted by Crippen LogP contribution is 2.26. The third kappa shape index (κ3) is 1.73. The largest absolute Gasteiger partial charge is 0.493 e. The summed E-state index contributed by atoms with van der Waals surface area (Å²) in [4.78, 5) is 17.6. The Morgan fingerprint density at radius 1 is 1.40 bits per heavy atom. The minimum absolute atomic E-state index is 0.108. The van der Waals surface area contributed by atoms with Gasteiger partial charge in [-0.25, -0.2) is 4.98 Å². The van der Waals surface area contributed by atoms with E-state index >= 15 is 0 Å². The molecule has 0 aliphatic carbocycles. The van der Waals surface area contributed by atoms with E-state index in [0.717, 1.165) is 0 Å². The van der Waals surface area contributed by atoms with Gasteiger partial charge in [0.25, 0.3) is 5.69 Å². The predicted octanol–water partition coefficient (Wildman–Crippen LogP) is 2.01. The molecule has 0 saturated heterocycles. The lowest BCUT2D eigenvalue weighted by atomic mass is 10.2. The van der Waals surface area contributed by atoms with Crippen LogP contribution in [0.2, 0.25) is 0 Å². The van der Waals surface area contributed by atoms with E-state index in [4.69, 9.17) is 0 Å². The highest BCUT2D eigenvalue weighted by molar-refractivity contribution is 9.10. The summed E-state index contributed by atoms with van der Waals surface area (Å²) in [5.74, 6) is -0.282. The van der Waals surface area contributed by atoms with Crippen LogP contribution in [-0.2, 0) is 0 Å². The van der Waals surface area contributed by atoms with Crippen molar-refractivity contribution in [3.63, 3.8) is 0 Å². The van der Waals surface area contributed by atoms with Crippen molar-refractivity contribution in [2.45, 2.75) is 0 Å². The van der Waals surface area contributed by atoms with Crippen LogP contribution >= 0.6 is 15.9 Å². The number of hydrogen-bond donors (Lipinski definition) is 1. The number of aromatic hydroxyl groups is 1. The third-order valence-corrected chi connectivity index (χ3v) is 2.20. The molecule has 0 spiro atoms. The Balaban J connectivity index is 2.76. The minimum atomic E-state index is -0.541. The Morgan fingerprint density at radius 2 is 2.13 bits per heavy atom. The molecule has 0 amide bonds. The van der Waals surface area contributed by atoms with E-state index < -0.39 is 4.92 Å². The van der Waals surface area contributed by atoms with Crippen LogP contribution in [0.25, 0.3) is 10.9 Å². The Kier molecular flexibility index (Phi) is 2.24. The SMILES string of the molecule is O=[N+]([O-])c1ccc2nc(Br)nc(O)c2c1. The number of rotatable bonds is 1. The van der Waals surface area contributed by atoms with Gasteiger partial charge in [-0.1, -0.05) is 0 Å². The highest BCUT2D eigenvalue weighted by Gasteiger charge is 2.11. The fraction of sp³-hybridized carbons (Fsp3) is 0. The number of aromatic nitrogens is 2. The number of hydrogen-bond acceptors (Lipinski definition) is 5. The van der Waals surface area contributed by atoms with Gasteiger partial charge in [0.15, 0.2) is 0 Å². The van der Waals surface area contributed by atoms with Gasteiger partial charge in [-0.15, -0.1) is 0 Å². The lowest BCUT2D eigenvalue weighted by molar-refractivity contribution is -0.384. The molecule has 6 nitrogen and oxygen atoms in total. The summed E-state index contributed by atoms with van der Waals surface area (Å²) in [6.07, 6.45) is 0. The summed E-state index contributed by atoms with van der Waals surface area (Å²) in [7, 11) is 0. The maximum atomic E-state index is 10.5. The minimum Gasteiger partial charge on any atom is -0.493 e. The Bertz CT molecular complexity index is 558. The number of non-ortho nitro benzene ring substituents is 1. The first-order chi connectivity index (χ1) is 7.08. The molecule has 0 fully saturated rings. The van der Waals surface area contributed by atoms with Gasteiger partial charge in [0, 0.05) is 12.1 Å². The average molecular weight is 270 g/mol. The Morgan fingerprint density at radius 3 is 2.80 bits per heavy atom. The first-order valence-corrected chi connectivity index (χ1v) is 4.68. The van der Waals surface area contributed by atoms with Crippen LogP contribution < -0.4 is 0 Å². The van der Waals surface area contributed by atoms with Crippen molar-refractivity contribution < 1.29 is 10.0 Å². The van der Waals surface area contributed by atoms with E-state index in [1.54, 1.807) is 0 Å². The summed E-state index contributed by atoms with van der Waals surface area (Å²) in [5.41, 5.74) is 0.337. The fourth-order valence-corrected chi connectivity index (χ4v) is 1.55. The van der Waals surface area contributed by atoms with Gasteiger partial charge >= 0.3 is 0 Å². The van der Waals surface area contributed by atoms with Gasteiger partial charge < -0.3 is 5.11 Å². The zero-order valence-corrected chi connectivity index (χ0v) is 8.80. The molecular formula is C8H4BrN3O3. The summed E-state index contributed by atoms with van der Waals surface area (Å²) in [6.45, 7) is 0.